The van der Waals surface area contributed by atoms with Crippen LogP contribution < -0.4 is 5.30 Å². The van der Waals surface area contributed by atoms with Crippen molar-refractivity contribution >= 4 is 12.6 Å². The van der Waals surface area contributed by atoms with Crippen LogP contribution in [0.3, 0.4) is 0 Å². The Bertz CT molecular complexity index is 821. The molecule has 0 aliphatic rings. The lowest BCUT2D eigenvalue weighted by Gasteiger charge is -2.28. The Morgan fingerprint density at radius 3 is 1.25 bits per heavy atom. The van der Waals surface area contributed by atoms with Crippen molar-refractivity contribution in [3.63, 3.8) is 0 Å². The van der Waals surface area contributed by atoms with Crippen molar-refractivity contribution < 1.29 is 0 Å². The average molecular weight is 446 g/mol. The first-order chi connectivity index (χ1) is 15.7. The summed E-state index contributed by atoms with van der Waals surface area (Å²) in [5.74, 6) is 0.293. The highest BCUT2D eigenvalue weighted by Crippen LogP contribution is 2.59. The van der Waals surface area contributed by atoms with Gasteiger partial charge in [0.05, 0.1) is 23.8 Å². The molecule has 1 heteroatoms. The first kappa shape index (κ1) is 24.7. The van der Waals surface area contributed by atoms with Crippen LogP contribution in [0, 0.1) is 0 Å². The molecular weight excluding hydrogens is 403 g/mol. The Labute approximate surface area is 197 Å². The smallest absolute Gasteiger partial charge is 0.0652 e. The van der Waals surface area contributed by atoms with Gasteiger partial charge in [-0.2, -0.15) is 0 Å². The molecule has 3 aromatic carbocycles. The summed E-state index contributed by atoms with van der Waals surface area (Å²) in [5.41, 5.74) is 4.15. The molecule has 170 valence electrons. The minimum absolute atomic E-state index is 0.293. The third-order valence-corrected chi connectivity index (χ3v) is 11.8. The highest BCUT2D eigenvalue weighted by molar-refractivity contribution is 7.82. The van der Waals surface area contributed by atoms with E-state index in [4.69, 9.17) is 0 Å². The Kier molecular flexibility index (Phi) is 10.0. The molecule has 0 aromatic heterocycles. The van der Waals surface area contributed by atoms with Crippen molar-refractivity contribution in [2.24, 2.45) is 0 Å². The van der Waals surface area contributed by atoms with Crippen molar-refractivity contribution in [1.29, 1.82) is 0 Å². The van der Waals surface area contributed by atoms with E-state index in [2.05, 4.69) is 106 Å². The maximum atomic E-state index is 2.52. The second-order valence-corrected chi connectivity index (χ2v) is 13.4. The first-order valence-electron chi connectivity index (χ1n) is 12.8. The van der Waals surface area contributed by atoms with Crippen molar-refractivity contribution in [3.05, 3.63) is 102 Å². The zero-order valence-electron chi connectivity index (χ0n) is 20.5. The van der Waals surface area contributed by atoms with Crippen LogP contribution in [0.15, 0.2) is 84.9 Å². The van der Waals surface area contributed by atoms with E-state index >= 15 is 0 Å². The standard InChI is InChI=1S/C31H42P/c1-4-7-24-32(25-8-5-2,26-9-6-3)30-22-20-29(21-23-30)31(27-16-12-10-13-17-27)28-18-14-11-15-19-28/h10-23,31H,4-9,24-26H2,1-3H3/q+1. The molecule has 3 aromatic rings. The van der Waals surface area contributed by atoms with Gasteiger partial charge in [0, 0.05) is 13.2 Å². The maximum Gasteiger partial charge on any atom is 0.0939 e. The highest BCUT2D eigenvalue weighted by Gasteiger charge is 2.38. The zero-order valence-corrected chi connectivity index (χ0v) is 21.4. The molecule has 0 heterocycles. The molecule has 0 radical (unpaired) electrons. The predicted molar refractivity (Wildman–Crippen MR) is 146 cm³/mol. The van der Waals surface area contributed by atoms with Gasteiger partial charge in [0.2, 0.25) is 0 Å². The maximum absolute atomic E-state index is 2.52. The molecule has 0 atom stereocenters. The third kappa shape index (κ3) is 6.32. The monoisotopic (exact) mass is 445 g/mol. The molecule has 0 N–H and O–H groups in total. The summed E-state index contributed by atoms with van der Waals surface area (Å²) in [6.45, 7) is 7.05. The van der Waals surface area contributed by atoms with Crippen molar-refractivity contribution in [3.8, 4) is 0 Å². The van der Waals surface area contributed by atoms with Gasteiger partial charge in [-0.3, -0.25) is 0 Å². The number of benzene rings is 3. The predicted octanol–water partition coefficient (Wildman–Crippen LogP) is 8.91. The lowest BCUT2D eigenvalue weighted by molar-refractivity contribution is 0.841. The fraction of sp³-hybridized carbons (Fsp3) is 0.419. The molecule has 32 heavy (non-hydrogen) atoms. The molecule has 0 saturated carbocycles. The average Bonchev–Trinajstić information content (AvgIpc) is 2.86. The van der Waals surface area contributed by atoms with E-state index in [1.54, 1.807) is 5.30 Å². The molecule has 0 unspecified atom stereocenters. The van der Waals surface area contributed by atoms with E-state index in [-0.39, 0.29) is 0 Å². The number of hydrogen-bond acceptors (Lipinski definition) is 0. The summed E-state index contributed by atoms with van der Waals surface area (Å²) in [4.78, 5) is 0. The van der Waals surface area contributed by atoms with Crippen LogP contribution in [0.25, 0.3) is 0 Å². The minimum Gasteiger partial charge on any atom is -0.0652 e. The second kappa shape index (κ2) is 13.0. The molecule has 0 spiro atoms. The summed E-state index contributed by atoms with van der Waals surface area (Å²) in [6.07, 6.45) is 12.3. The second-order valence-electron chi connectivity index (χ2n) is 9.22. The molecule has 0 aliphatic carbocycles. The van der Waals surface area contributed by atoms with Crippen LogP contribution in [0.5, 0.6) is 0 Å². The van der Waals surface area contributed by atoms with Gasteiger partial charge in [0.1, 0.15) is 0 Å². The molecule has 0 aliphatic heterocycles. The van der Waals surface area contributed by atoms with Crippen molar-refractivity contribution in [2.75, 3.05) is 18.5 Å². The summed E-state index contributed by atoms with van der Waals surface area (Å²) < 4.78 is 0. The van der Waals surface area contributed by atoms with Crippen LogP contribution >= 0.6 is 7.26 Å². The normalized spacial score (nSPS) is 11.8. The summed E-state index contributed by atoms with van der Waals surface area (Å²) in [5, 5.41) is 1.68. The fourth-order valence-electron chi connectivity index (χ4n) is 4.96. The van der Waals surface area contributed by atoms with E-state index in [9.17, 15) is 0 Å². The summed E-state index contributed by atoms with van der Waals surface area (Å²) >= 11 is 0. The van der Waals surface area contributed by atoms with E-state index in [1.807, 2.05) is 0 Å². The van der Waals surface area contributed by atoms with E-state index in [1.165, 1.54) is 73.7 Å². The Balaban J connectivity index is 1.99. The van der Waals surface area contributed by atoms with Crippen molar-refractivity contribution in [2.45, 2.75) is 65.2 Å². The fourth-order valence-corrected chi connectivity index (χ4v) is 9.95. The SMILES string of the molecule is CCCC[P+](CCCC)(CCCC)c1ccc(C(c2ccccc2)c2ccccc2)cc1. The van der Waals surface area contributed by atoms with E-state index in [0.717, 1.165) is 0 Å². The van der Waals surface area contributed by atoms with Gasteiger partial charge in [0.15, 0.2) is 0 Å². The summed E-state index contributed by atoms with van der Waals surface area (Å²) in [6, 6.07) is 31.9. The largest absolute Gasteiger partial charge is 0.0939 e. The lowest BCUT2D eigenvalue weighted by Crippen LogP contribution is -2.21. The molecule has 0 nitrogen and oxygen atoms in total. The number of hydrogen-bond donors (Lipinski definition) is 0. The zero-order chi connectivity index (χ0) is 22.7. The minimum atomic E-state index is -1.09. The van der Waals surface area contributed by atoms with Gasteiger partial charge in [-0.1, -0.05) is 113 Å². The third-order valence-electron chi connectivity index (χ3n) is 6.86. The number of unbranched alkanes of at least 4 members (excludes halogenated alkanes) is 3. The van der Waals surface area contributed by atoms with Gasteiger partial charge in [0.25, 0.3) is 0 Å². The van der Waals surface area contributed by atoms with Crippen LogP contribution in [0.4, 0.5) is 0 Å². The van der Waals surface area contributed by atoms with Gasteiger partial charge >= 0.3 is 0 Å². The molecule has 0 saturated heterocycles. The van der Waals surface area contributed by atoms with Gasteiger partial charge in [-0.05, 0) is 48.1 Å². The molecular formula is C31H42P+. The van der Waals surface area contributed by atoms with Crippen LogP contribution in [0.2, 0.25) is 0 Å². The topological polar surface area (TPSA) is 0 Å². The Morgan fingerprint density at radius 1 is 0.500 bits per heavy atom. The quantitative estimate of drug-likeness (QED) is 0.182. The van der Waals surface area contributed by atoms with Gasteiger partial charge in [-0.15, -0.1) is 0 Å². The van der Waals surface area contributed by atoms with Crippen LogP contribution in [-0.4, -0.2) is 18.5 Å². The summed E-state index contributed by atoms with van der Waals surface area (Å²) in [7, 11) is -1.09. The van der Waals surface area contributed by atoms with E-state index in [0.29, 0.717) is 5.92 Å². The Morgan fingerprint density at radius 2 is 0.875 bits per heavy atom. The van der Waals surface area contributed by atoms with Gasteiger partial charge < -0.3 is 0 Å². The first-order valence-corrected chi connectivity index (χ1v) is 15.1. The van der Waals surface area contributed by atoms with Crippen LogP contribution in [0.1, 0.15) is 81.9 Å². The number of rotatable bonds is 13. The van der Waals surface area contributed by atoms with Crippen molar-refractivity contribution in [1.82, 2.24) is 0 Å². The molecule has 0 bridgehead atoms. The lowest BCUT2D eigenvalue weighted by atomic mass is 9.85. The molecule has 3 rings (SSSR count). The van der Waals surface area contributed by atoms with E-state index < -0.39 is 7.26 Å². The Hall–Kier alpha value is -1.91. The van der Waals surface area contributed by atoms with Gasteiger partial charge in [-0.25, -0.2) is 0 Å². The molecule has 0 fully saturated rings. The highest BCUT2D eigenvalue weighted by atomic mass is 31.2. The molecule has 0 amide bonds. The van der Waals surface area contributed by atoms with Crippen LogP contribution in [-0.2, 0) is 0 Å².